The van der Waals surface area contributed by atoms with Gasteiger partial charge >= 0.3 is 0 Å². The van der Waals surface area contributed by atoms with Crippen LogP contribution in [0.4, 0.5) is 4.39 Å². The molecule has 0 bridgehead atoms. The molecular formula is C12H16FN3O2. The van der Waals surface area contributed by atoms with Gasteiger partial charge in [0.1, 0.15) is 12.4 Å². The van der Waals surface area contributed by atoms with Crippen molar-refractivity contribution in [3.63, 3.8) is 0 Å². The number of methoxy groups -OCH3 is 1. The summed E-state index contributed by atoms with van der Waals surface area (Å²) in [5.41, 5.74) is 9.14. The summed E-state index contributed by atoms with van der Waals surface area (Å²) in [4.78, 5) is 2.63. The second-order valence-corrected chi connectivity index (χ2v) is 3.58. The summed E-state index contributed by atoms with van der Waals surface area (Å²) in [6.45, 7) is 1.71. The monoisotopic (exact) mass is 253 g/mol. The van der Waals surface area contributed by atoms with Crippen molar-refractivity contribution in [3.05, 3.63) is 40.3 Å². The first-order chi connectivity index (χ1) is 8.76. The van der Waals surface area contributed by atoms with Crippen molar-refractivity contribution in [3.8, 4) is 5.75 Å². The molecule has 1 aromatic carbocycles. The van der Waals surface area contributed by atoms with Crippen LogP contribution in [0.5, 0.6) is 5.75 Å². The highest BCUT2D eigenvalue weighted by Crippen LogP contribution is 2.25. The Morgan fingerprint density at radius 1 is 1.39 bits per heavy atom. The van der Waals surface area contributed by atoms with Crippen molar-refractivity contribution >= 4 is 0 Å². The predicted molar refractivity (Wildman–Crippen MR) is 66.3 cm³/mol. The molecule has 1 rings (SSSR count). The maximum atomic E-state index is 12.8. The Bertz CT molecular complexity index is 404. The van der Waals surface area contributed by atoms with E-state index in [0.29, 0.717) is 6.61 Å². The molecule has 0 amide bonds. The Kier molecular flexibility index (Phi) is 5.97. The lowest BCUT2D eigenvalue weighted by Crippen LogP contribution is -2.20. The van der Waals surface area contributed by atoms with Crippen molar-refractivity contribution in [2.45, 2.75) is 19.1 Å². The SMILES string of the molecule is CCOc1ccc([C@@H](OC)[C@@H](CF)N=[N+]=[N-])cc1. The topological polar surface area (TPSA) is 67.2 Å². The van der Waals surface area contributed by atoms with E-state index in [-0.39, 0.29) is 0 Å². The number of azide groups is 1. The average molecular weight is 253 g/mol. The molecule has 98 valence electrons. The van der Waals surface area contributed by atoms with Gasteiger partial charge in [0, 0.05) is 12.0 Å². The first-order valence-corrected chi connectivity index (χ1v) is 5.62. The average Bonchev–Trinajstić information content (AvgIpc) is 2.40. The van der Waals surface area contributed by atoms with Crippen LogP contribution in [-0.2, 0) is 4.74 Å². The van der Waals surface area contributed by atoms with Crippen molar-refractivity contribution in [2.75, 3.05) is 20.4 Å². The maximum Gasteiger partial charge on any atom is 0.119 e. The lowest BCUT2D eigenvalue weighted by molar-refractivity contribution is 0.0721. The van der Waals surface area contributed by atoms with Crippen LogP contribution < -0.4 is 4.74 Å². The molecule has 0 radical (unpaired) electrons. The molecule has 0 saturated heterocycles. The van der Waals surface area contributed by atoms with Crippen LogP contribution in [0.15, 0.2) is 29.4 Å². The summed E-state index contributed by atoms with van der Waals surface area (Å²) in [5, 5.41) is 3.40. The van der Waals surface area contributed by atoms with E-state index in [1.54, 1.807) is 24.3 Å². The van der Waals surface area contributed by atoms with Crippen LogP contribution in [0.1, 0.15) is 18.6 Å². The van der Waals surface area contributed by atoms with Gasteiger partial charge in [-0.1, -0.05) is 17.2 Å². The second kappa shape index (κ2) is 7.53. The lowest BCUT2D eigenvalue weighted by Gasteiger charge is -2.20. The molecule has 0 saturated carbocycles. The maximum absolute atomic E-state index is 12.8. The van der Waals surface area contributed by atoms with Crippen LogP contribution in [0.2, 0.25) is 0 Å². The number of benzene rings is 1. The third kappa shape index (κ3) is 3.61. The number of alkyl halides is 1. The standard InChI is InChI=1S/C12H16FN3O2/c1-3-18-10-6-4-9(5-7-10)12(17-2)11(8-13)15-16-14/h4-7,11-12H,3,8H2,1-2H3/t11-,12-/m1/s1. The van der Waals surface area contributed by atoms with Crippen molar-refractivity contribution < 1.29 is 13.9 Å². The lowest BCUT2D eigenvalue weighted by atomic mass is 10.0. The van der Waals surface area contributed by atoms with Gasteiger partial charge in [-0.3, -0.25) is 4.39 Å². The summed E-state index contributed by atoms with van der Waals surface area (Å²) >= 11 is 0. The van der Waals surface area contributed by atoms with Crippen LogP contribution in [-0.4, -0.2) is 26.4 Å². The van der Waals surface area contributed by atoms with Crippen LogP contribution in [0.3, 0.4) is 0 Å². The van der Waals surface area contributed by atoms with Gasteiger partial charge in [0.2, 0.25) is 0 Å². The molecule has 0 aromatic heterocycles. The molecule has 0 spiro atoms. The third-order valence-electron chi connectivity index (χ3n) is 2.48. The zero-order valence-electron chi connectivity index (χ0n) is 10.4. The van der Waals surface area contributed by atoms with E-state index in [1.165, 1.54) is 7.11 Å². The summed E-state index contributed by atoms with van der Waals surface area (Å²) in [7, 11) is 1.46. The second-order valence-electron chi connectivity index (χ2n) is 3.58. The molecule has 0 N–H and O–H groups in total. The summed E-state index contributed by atoms with van der Waals surface area (Å²) < 4.78 is 23.3. The molecule has 5 nitrogen and oxygen atoms in total. The Morgan fingerprint density at radius 3 is 2.50 bits per heavy atom. The normalized spacial score (nSPS) is 13.5. The van der Waals surface area contributed by atoms with E-state index in [1.807, 2.05) is 6.92 Å². The predicted octanol–water partition coefficient (Wildman–Crippen LogP) is 3.42. The van der Waals surface area contributed by atoms with E-state index in [2.05, 4.69) is 10.0 Å². The fourth-order valence-electron chi connectivity index (χ4n) is 1.67. The number of ether oxygens (including phenoxy) is 2. The van der Waals surface area contributed by atoms with Gasteiger partial charge in [0.05, 0.1) is 18.8 Å². The van der Waals surface area contributed by atoms with Gasteiger partial charge in [0.25, 0.3) is 0 Å². The highest BCUT2D eigenvalue weighted by atomic mass is 19.1. The van der Waals surface area contributed by atoms with E-state index >= 15 is 0 Å². The Balaban J connectivity index is 2.90. The zero-order valence-corrected chi connectivity index (χ0v) is 10.4. The molecule has 2 atom stereocenters. The van der Waals surface area contributed by atoms with E-state index < -0.39 is 18.8 Å². The fraction of sp³-hybridized carbons (Fsp3) is 0.500. The highest BCUT2D eigenvalue weighted by molar-refractivity contribution is 5.29. The molecule has 0 aliphatic rings. The molecule has 0 heterocycles. The summed E-state index contributed by atoms with van der Waals surface area (Å²) in [5.74, 6) is 0.733. The number of hydrogen-bond acceptors (Lipinski definition) is 3. The highest BCUT2D eigenvalue weighted by Gasteiger charge is 2.22. The third-order valence-corrected chi connectivity index (χ3v) is 2.48. The smallest absolute Gasteiger partial charge is 0.119 e. The molecule has 0 unspecified atom stereocenters. The number of nitrogens with zero attached hydrogens (tertiary/aromatic N) is 3. The first-order valence-electron chi connectivity index (χ1n) is 5.62. The number of halogens is 1. The first kappa shape index (κ1) is 14.3. The summed E-state index contributed by atoms with van der Waals surface area (Å²) in [6.07, 6.45) is -0.596. The Morgan fingerprint density at radius 2 is 2.06 bits per heavy atom. The Hall–Kier alpha value is -1.78. The molecule has 1 aromatic rings. The molecule has 6 heteroatoms. The van der Waals surface area contributed by atoms with Gasteiger partial charge in [0.15, 0.2) is 0 Å². The molecule has 0 aliphatic heterocycles. The zero-order chi connectivity index (χ0) is 13.4. The van der Waals surface area contributed by atoms with Gasteiger partial charge in [-0.25, -0.2) is 0 Å². The molecule has 18 heavy (non-hydrogen) atoms. The van der Waals surface area contributed by atoms with Crippen LogP contribution >= 0.6 is 0 Å². The van der Waals surface area contributed by atoms with Crippen molar-refractivity contribution in [2.24, 2.45) is 5.11 Å². The van der Waals surface area contributed by atoms with Gasteiger partial charge in [-0.2, -0.15) is 0 Å². The summed E-state index contributed by atoms with van der Waals surface area (Å²) in [6, 6.07) is 6.23. The minimum absolute atomic E-state index is 0.582. The number of rotatable bonds is 7. The van der Waals surface area contributed by atoms with E-state index in [0.717, 1.165) is 11.3 Å². The van der Waals surface area contributed by atoms with E-state index in [4.69, 9.17) is 15.0 Å². The quantitative estimate of drug-likeness (QED) is 0.424. The molecular weight excluding hydrogens is 237 g/mol. The minimum atomic E-state index is -0.863. The molecule has 0 aliphatic carbocycles. The van der Waals surface area contributed by atoms with E-state index in [9.17, 15) is 4.39 Å². The fourth-order valence-corrected chi connectivity index (χ4v) is 1.67. The van der Waals surface area contributed by atoms with Gasteiger partial charge in [-0.15, -0.1) is 0 Å². The van der Waals surface area contributed by atoms with Crippen molar-refractivity contribution in [1.29, 1.82) is 0 Å². The van der Waals surface area contributed by atoms with Crippen LogP contribution in [0, 0.1) is 0 Å². The minimum Gasteiger partial charge on any atom is -0.494 e. The van der Waals surface area contributed by atoms with Crippen molar-refractivity contribution in [1.82, 2.24) is 0 Å². The Labute approximate surface area is 105 Å². The van der Waals surface area contributed by atoms with Crippen LogP contribution in [0.25, 0.3) is 10.4 Å². The largest absolute Gasteiger partial charge is 0.494 e. The number of hydrogen-bond donors (Lipinski definition) is 0. The van der Waals surface area contributed by atoms with Gasteiger partial charge < -0.3 is 9.47 Å². The van der Waals surface area contributed by atoms with Gasteiger partial charge in [-0.05, 0) is 30.2 Å². The molecule has 0 fully saturated rings.